The molecule has 1 saturated heterocycles. The lowest BCUT2D eigenvalue weighted by molar-refractivity contribution is -0.0394. The topological polar surface area (TPSA) is 118 Å². The van der Waals surface area contributed by atoms with Gasteiger partial charge in [-0.2, -0.15) is 5.10 Å². The lowest BCUT2D eigenvalue weighted by atomic mass is 9.93. The first-order valence-electron chi connectivity index (χ1n) is 12.4. The van der Waals surface area contributed by atoms with Gasteiger partial charge in [0.15, 0.2) is 0 Å². The molecule has 186 valence electrons. The Hall–Kier alpha value is -3.92. The minimum absolute atomic E-state index is 0.0187. The quantitative estimate of drug-likeness (QED) is 0.391. The van der Waals surface area contributed by atoms with Gasteiger partial charge in [-0.25, -0.2) is 14.5 Å². The van der Waals surface area contributed by atoms with Crippen molar-refractivity contribution in [3.05, 3.63) is 54.2 Å². The molecular formula is C26H28N6O4. The number of nitrogens with one attached hydrogen (secondary N) is 1. The zero-order chi connectivity index (χ0) is 24.6. The van der Waals surface area contributed by atoms with Crippen molar-refractivity contribution in [1.29, 1.82) is 0 Å². The number of hydrogen-bond donors (Lipinski definition) is 2. The maximum atomic E-state index is 11.6. The summed E-state index contributed by atoms with van der Waals surface area (Å²) in [6.07, 6.45) is 10.3. The van der Waals surface area contributed by atoms with Crippen LogP contribution in [-0.2, 0) is 11.3 Å². The van der Waals surface area contributed by atoms with E-state index >= 15 is 0 Å². The van der Waals surface area contributed by atoms with Crippen molar-refractivity contribution < 1.29 is 19.4 Å². The van der Waals surface area contributed by atoms with Gasteiger partial charge in [-0.15, -0.1) is 0 Å². The molecular weight excluding hydrogens is 460 g/mol. The first-order valence-corrected chi connectivity index (χ1v) is 12.4. The Morgan fingerprint density at radius 3 is 3.00 bits per heavy atom. The third-order valence-electron chi connectivity index (χ3n) is 7.01. The molecule has 0 aliphatic carbocycles. The van der Waals surface area contributed by atoms with Crippen molar-refractivity contribution in [2.24, 2.45) is 0 Å². The summed E-state index contributed by atoms with van der Waals surface area (Å²) in [7, 11) is 0. The summed E-state index contributed by atoms with van der Waals surface area (Å²) in [5.41, 5.74) is 4.37. The van der Waals surface area contributed by atoms with E-state index in [0.717, 1.165) is 60.2 Å². The van der Waals surface area contributed by atoms with E-state index in [9.17, 15) is 9.90 Å². The average molecular weight is 489 g/mol. The highest BCUT2D eigenvalue weighted by Crippen LogP contribution is 2.35. The lowest BCUT2D eigenvalue weighted by Gasteiger charge is -2.31. The van der Waals surface area contributed by atoms with Crippen molar-refractivity contribution in [2.75, 3.05) is 13.2 Å². The van der Waals surface area contributed by atoms with Gasteiger partial charge in [0.2, 0.25) is 0 Å². The van der Waals surface area contributed by atoms with Crippen LogP contribution in [0.5, 0.6) is 11.5 Å². The van der Waals surface area contributed by atoms with Crippen LogP contribution in [-0.4, -0.2) is 54.0 Å². The summed E-state index contributed by atoms with van der Waals surface area (Å²) in [4.78, 5) is 25.5. The van der Waals surface area contributed by atoms with Crippen molar-refractivity contribution in [2.45, 2.75) is 51.3 Å². The molecule has 10 heteroatoms. The van der Waals surface area contributed by atoms with Crippen LogP contribution >= 0.6 is 0 Å². The van der Waals surface area contributed by atoms with Crippen LogP contribution in [0, 0.1) is 0 Å². The Labute approximate surface area is 207 Å². The Morgan fingerprint density at radius 1 is 1.28 bits per heavy atom. The molecule has 2 aliphatic rings. The number of amides is 1. The fourth-order valence-corrected chi connectivity index (χ4v) is 5.08. The normalized spacial score (nSPS) is 19.9. The highest BCUT2D eigenvalue weighted by Gasteiger charge is 2.28. The molecule has 0 aromatic carbocycles. The third kappa shape index (κ3) is 4.17. The molecule has 0 radical (unpaired) electrons. The number of ether oxygens (including phenoxy) is 2. The molecule has 2 aliphatic heterocycles. The van der Waals surface area contributed by atoms with Crippen LogP contribution in [0.2, 0.25) is 0 Å². The third-order valence-corrected chi connectivity index (χ3v) is 7.01. The predicted molar refractivity (Wildman–Crippen MR) is 132 cm³/mol. The summed E-state index contributed by atoms with van der Waals surface area (Å²) in [6.45, 7) is 3.59. The van der Waals surface area contributed by atoms with Gasteiger partial charge < -0.3 is 24.5 Å². The standard InChI is InChI=1S/C26H28N6O4/c1-2-16-13-31(26(33)34)14-17-9-19(12-28-24(16)17)36-22-6-7-27-25-20(22)10-21(30-25)18-11-29-32(15-18)23-5-3-4-8-35-23/h6-7,9-12,15-16,23H,2-5,8,13-14H2,1H3,(H,27,30)(H,33,34)/t16-,23?/m0/s1. The molecule has 6 rings (SSSR count). The minimum Gasteiger partial charge on any atom is -0.465 e. The van der Waals surface area contributed by atoms with Gasteiger partial charge in [0.1, 0.15) is 23.4 Å². The largest absolute Gasteiger partial charge is 0.465 e. The number of H-pyrrole nitrogens is 1. The van der Waals surface area contributed by atoms with E-state index in [2.05, 4.69) is 27.0 Å². The van der Waals surface area contributed by atoms with Crippen LogP contribution < -0.4 is 4.74 Å². The van der Waals surface area contributed by atoms with E-state index < -0.39 is 6.09 Å². The molecule has 2 atom stereocenters. The monoisotopic (exact) mass is 488 g/mol. The van der Waals surface area contributed by atoms with E-state index in [4.69, 9.17) is 9.47 Å². The summed E-state index contributed by atoms with van der Waals surface area (Å²) in [6, 6.07) is 5.72. The van der Waals surface area contributed by atoms with Crippen molar-refractivity contribution in [3.63, 3.8) is 0 Å². The smallest absolute Gasteiger partial charge is 0.407 e. The first kappa shape index (κ1) is 22.5. The number of aromatic amines is 1. The van der Waals surface area contributed by atoms with Gasteiger partial charge in [-0.1, -0.05) is 6.92 Å². The van der Waals surface area contributed by atoms with Gasteiger partial charge in [0.05, 0.1) is 35.7 Å². The number of hydrogen-bond acceptors (Lipinski definition) is 6. The molecule has 4 aromatic heterocycles. The Balaban J connectivity index is 1.28. The van der Waals surface area contributed by atoms with Gasteiger partial charge in [-0.3, -0.25) is 4.98 Å². The van der Waals surface area contributed by atoms with E-state index in [1.165, 1.54) is 4.90 Å². The van der Waals surface area contributed by atoms with Crippen LogP contribution in [0.25, 0.3) is 22.3 Å². The summed E-state index contributed by atoms with van der Waals surface area (Å²) in [5.74, 6) is 1.29. The van der Waals surface area contributed by atoms with Gasteiger partial charge >= 0.3 is 6.09 Å². The first-order chi connectivity index (χ1) is 17.6. The van der Waals surface area contributed by atoms with Crippen molar-refractivity contribution in [3.8, 4) is 22.8 Å². The van der Waals surface area contributed by atoms with Crippen LogP contribution in [0.1, 0.15) is 56.0 Å². The molecule has 10 nitrogen and oxygen atoms in total. The molecule has 1 amide bonds. The number of carbonyl (C=O) groups is 1. The van der Waals surface area contributed by atoms with E-state index in [1.54, 1.807) is 12.4 Å². The minimum atomic E-state index is -0.917. The molecule has 4 aromatic rings. The highest BCUT2D eigenvalue weighted by molar-refractivity contribution is 5.88. The molecule has 0 saturated carbocycles. The maximum Gasteiger partial charge on any atom is 0.407 e. The van der Waals surface area contributed by atoms with Crippen LogP contribution in [0.4, 0.5) is 4.79 Å². The van der Waals surface area contributed by atoms with E-state index in [-0.39, 0.29) is 12.1 Å². The molecule has 6 heterocycles. The number of fused-ring (bicyclic) bond motifs is 2. The van der Waals surface area contributed by atoms with Crippen LogP contribution in [0.3, 0.4) is 0 Å². The lowest BCUT2D eigenvalue weighted by Crippen LogP contribution is -2.37. The molecule has 0 spiro atoms. The number of pyridine rings is 2. The second kappa shape index (κ2) is 9.27. The van der Waals surface area contributed by atoms with E-state index in [1.807, 2.05) is 35.3 Å². The highest BCUT2D eigenvalue weighted by atomic mass is 16.5. The number of rotatable bonds is 5. The zero-order valence-corrected chi connectivity index (χ0v) is 20.1. The predicted octanol–water partition coefficient (Wildman–Crippen LogP) is 5.30. The summed E-state index contributed by atoms with van der Waals surface area (Å²) < 4.78 is 14.0. The Kier molecular flexibility index (Phi) is 5.80. The number of nitrogens with zero attached hydrogens (tertiary/aromatic N) is 5. The van der Waals surface area contributed by atoms with Gasteiger partial charge in [0.25, 0.3) is 0 Å². The average Bonchev–Trinajstić information content (AvgIpc) is 3.56. The summed E-state index contributed by atoms with van der Waals surface area (Å²) >= 11 is 0. The fraction of sp³-hybridized carbons (Fsp3) is 0.385. The molecule has 1 fully saturated rings. The van der Waals surface area contributed by atoms with Crippen molar-refractivity contribution in [1.82, 2.24) is 29.6 Å². The number of aromatic nitrogens is 5. The molecule has 1 unspecified atom stereocenters. The van der Waals surface area contributed by atoms with E-state index in [0.29, 0.717) is 30.2 Å². The summed E-state index contributed by atoms with van der Waals surface area (Å²) in [5, 5.41) is 14.9. The van der Waals surface area contributed by atoms with Gasteiger partial charge in [-0.05, 0) is 49.4 Å². The Morgan fingerprint density at radius 2 is 2.19 bits per heavy atom. The van der Waals surface area contributed by atoms with Gasteiger partial charge in [0, 0.05) is 37.0 Å². The van der Waals surface area contributed by atoms with Crippen molar-refractivity contribution >= 4 is 17.1 Å². The number of carboxylic acid groups (broad SMARTS) is 1. The second-order valence-corrected chi connectivity index (χ2v) is 9.37. The maximum absolute atomic E-state index is 11.6. The molecule has 36 heavy (non-hydrogen) atoms. The molecule has 2 N–H and O–H groups in total. The zero-order valence-electron chi connectivity index (χ0n) is 20.1. The Bertz CT molecular complexity index is 1410. The second-order valence-electron chi connectivity index (χ2n) is 9.37. The fourth-order valence-electron chi connectivity index (χ4n) is 5.08. The van der Waals surface area contributed by atoms with Crippen LogP contribution in [0.15, 0.2) is 43.0 Å². The SMILES string of the molecule is CC[C@H]1CN(C(=O)O)Cc2cc(Oc3ccnc4[nH]c(-c5cnn(C6CCCCO6)c5)cc34)cnc21. The molecule has 0 bridgehead atoms.